The van der Waals surface area contributed by atoms with Gasteiger partial charge in [0.25, 0.3) is 6.43 Å². The van der Waals surface area contributed by atoms with Crippen LogP contribution in [0, 0.1) is 0 Å². The number of halogens is 2. The molecule has 4 heterocycles. The standard InChI is InChI=1S/C20H19F2N5O3S/c1-30-12-6-13-17(25-8-12)26-18(16(21)22)27-19(13)31-9-14(28)11-2-3-15(24-7-11)20(29)4-5-23-10-20/h2-3,6-8,16,23,29H,4-5,9-10H2,1H3. The summed E-state index contributed by atoms with van der Waals surface area (Å²) in [5, 5.41) is 14.3. The third-order valence-electron chi connectivity index (χ3n) is 4.97. The fourth-order valence-corrected chi connectivity index (χ4v) is 4.15. The minimum absolute atomic E-state index is 0.0428. The van der Waals surface area contributed by atoms with Crippen molar-refractivity contribution in [3.8, 4) is 5.75 Å². The third kappa shape index (κ3) is 4.48. The SMILES string of the molecule is COc1cnc2nc(C(F)F)nc(SCC(=O)c3ccc(C4(O)CCNC4)nc3)c2c1. The molecule has 0 saturated carbocycles. The van der Waals surface area contributed by atoms with Gasteiger partial charge >= 0.3 is 0 Å². The first-order chi connectivity index (χ1) is 14.9. The zero-order valence-corrected chi connectivity index (χ0v) is 17.3. The van der Waals surface area contributed by atoms with Crippen molar-refractivity contribution in [3.05, 3.63) is 47.7 Å². The molecule has 1 fully saturated rings. The van der Waals surface area contributed by atoms with Gasteiger partial charge in [0.05, 0.1) is 30.1 Å². The number of alkyl halides is 2. The molecule has 3 aromatic heterocycles. The Morgan fingerprint density at radius 3 is 2.81 bits per heavy atom. The summed E-state index contributed by atoms with van der Waals surface area (Å²) in [4.78, 5) is 28.6. The molecule has 1 unspecified atom stereocenters. The van der Waals surface area contributed by atoms with Crippen LogP contribution < -0.4 is 10.1 Å². The van der Waals surface area contributed by atoms with E-state index in [0.717, 1.165) is 11.8 Å². The number of pyridine rings is 2. The molecule has 3 aromatic rings. The molecule has 162 valence electrons. The van der Waals surface area contributed by atoms with Crippen molar-refractivity contribution in [2.75, 3.05) is 26.0 Å². The largest absolute Gasteiger partial charge is 0.495 e. The highest BCUT2D eigenvalue weighted by atomic mass is 32.2. The van der Waals surface area contributed by atoms with Crippen molar-refractivity contribution >= 4 is 28.6 Å². The molecule has 2 N–H and O–H groups in total. The van der Waals surface area contributed by atoms with Crippen molar-refractivity contribution in [2.24, 2.45) is 0 Å². The maximum atomic E-state index is 13.2. The monoisotopic (exact) mass is 447 g/mol. The Hall–Kier alpha value is -2.76. The number of Topliss-reactive ketones (excluding diaryl/α,β-unsaturated/α-hetero) is 1. The number of β-amino-alcohol motifs (C(OH)–C–C–N with tert-alkyl or cyclic N) is 1. The Morgan fingerprint density at radius 2 is 2.16 bits per heavy atom. The van der Waals surface area contributed by atoms with Gasteiger partial charge in [-0.2, -0.15) is 0 Å². The van der Waals surface area contributed by atoms with Gasteiger partial charge in [-0.25, -0.2) is 23.7 Å². The van der Waals surface area contributed by atoms with Gasteiger partial charge in [-0.05, 0) is 31.2 Å². The zero-order valence-electron chi connectivity index (χ0n) is 16.5. The van der Waals surface area contributed by atoms with Gasteiger partial charge in [0.2, 0.25) is 0 Å². The number of aliphatic hydroxyl groups is 1. The van der Waals surface area contributed by atoms with Crippen molar-refractivity contribution in [2.45, 2.75) is 23.5 Å². The van der Waals surface area contributed by atoms with E-state index in [1.54, 1.807) is 18.2 Å². The van der Waals surface area contributed by atoms with Gasteiger partial charge < -0.3 is 15.2 Å². The number of nitrogens with one attached hydrogen (secondary N) is 1. The number of nitrogens with zero attached hydrogens (tertiary/aromatic N) is 4. The third-order valence-corrected chi connectivity index (χ3v) is 5.97. The smallest absolute Gasteiger partial charge is 0.297 e. The second-order valence-electron chi connectivity index (χ2n) is 7.04. The van der Waals surface area contributed by atoms with E-state index in [1.807, 2.05) is 0 Å². The molecule has 0 bridgehead atoms. The molecule has 1 aliphatic rings. The summed E-state index contributed by atoms with van der Waals surface area (Å²) in [6, 6.07) is 4.83. The van der Waals surface area contributed by atoms with Crippen LogP contribution in [0.4, 0.5) is 8.78 Å². The molecule has 0 spiro atoms. The minimum Gasteiger partial charge on any atom is -0.495 e. The van der Waals surface area contributed by atoms with Gasteiger partial charge in [0.1, 0.15) is 16.4 Å². The van der Waals surface area contributed by atoms with Crippen LogP contribution in [0.15, 0.2) is 35.6 Å². The molecular weight excluding hydrogens is 428 g/mol. The van der Waals surface area contributed by atoms with Gasteiger partial charge in [-0.3, -0.25) is 9.78 Å². The summed E-state index contributed by atoms with van der Waals surface area (Å²) in [6.45, 7) is 1.11. The summed E-state index contributed by atoms with van der Waals surface area (Å²) < 4.78 is 31.5. The van der Waals surface area contributed by atoms with E-state index in [-0.39, 0.29) is 22.2 Å². The summed E-state index contributed by atoms with van der Waals surface area (Å²) in [6.07, 6.45) is 0.483. The maximum Gasteiger partial charge on any atom is 0.297 e. The quantitative estimate of drug-likeness (QED) is 0.321. The number of hydrogen-bond donors (Lipinski definition) is 2. The van der Waals surface area contributed by atoms with E-state index >= 15 is 0 Å². The van der Waals surface area contributed by atoms with Crippen LogP contribution in [0.5, 0.6) is 5.75 Å². The Labute approximate surface area is 180 Å². The lowest BCUT2D eigenvalue weighted by Gasteiger charge is -2.20. The van der Waals surface area contributed by atoms with E-state index in [2.05, 4.69) is 25.3 Å². The predicted molar refractivity (Wildman–Crippen MR) is 110 cm³/mol. The summed E-state index contributed by atoms with van der Waals surface area (Å²) >= 11 is 1.02. The molecule has 11 heteroatoms. The molecule has 0 aromatic carbocycles. The van der Waals surface area contributed by atoms with E-state index in [0.29, 0.717) is 41.9 Å². The Morgan fingerprint density at radius 1 is 1.32 bits per heavy atom. The van der Waals surface area contributed by atoms with Crippen LogP contribution in [0.1, 0.15) is 34.7 Å². The highest BCUT2D eigenvalue weighted by Crippen LogP contribution is 2.30. The van der Waals surface area contributed by atoms with Crippen molar-refractivity contribution < 1.29 is 23.4 Å². The molecule has 1 atom stereocenters. The molecule has 0 aliphatic carbocycles. The van der Waals surface area contributed by atoms with Crippen molar-refractivity contribution in [1.82, 2.24) is 25.3 Å². The number of aromatic nitrogens is 4. The maximum absolute atomic E-state index is 13.2. The molecule has 1 aliphatic heterocycles. The van der Waals surface area contributed by atoms with Crippen molar-refractivity contribution in [1.29, 1.82) is 0 Å². The number of thioether (sulfide) groups is 1. The summed E-state index contributed by atoms with van der Waals surface area (Å²) in [5.74, 6) is -0.515. The Balaban J connectivity index is 1.54. The molecule has 8 nitrogen and oxygen atoms in total. The summed E-state index contributed by atoms with van der Waals surface area (Å²) in [5.41, 5.74) is -0.0730. The number of hydrogen-bond acceptors (Lipinski definition) is 9. The second-order valence-corrected chi connectivity index (χ2v) is 8.00. The highest BCUT2D eigenvalue weighted by Gasteiger charge is 2.34. The van der Waals surface area contributed by atoms with Gasteiger partial charge in [-0.1, -0.05) is 11.8 Å². The first-order valence-electron chi connectivity index (χ1n) is 9.45. The Bertz CT molecular complexity index is 1110. The minimum atomic E-state index is -2.86. The van der Waals surface area contributed by atoms with Gasteiger partial charge in [0, 0.05) is 18.3 Å². The average molecular weight is 447 g/mol. The van der Waals surface area contributed by atoms with Crippen molar-refractivity contribution in [3.63, 3.8) is 0 Å². The number of methoxy groups -OCH3 is 1. The van der Waals surface area contributed by atoms with Crippen LogP contribution in [0.3, 0.4) is 0 Å². The summed E-state index contributed by atoms with van der Waals surface area (Å²) in [7, 11) is 1.46. The van der Waals surface area contributed by atoms with Crippen LogP contribution in [-0.2, 0) is 5.60 Å². The van der Waals surface area contributed by atoms with Crippen LogP contribution >= 0.6 is 11.8 Å². The predicted octanol–water partition coefficient (Wildman–Crippen LogP) is 2.52. The lowest BCUT2D eigenvalue weighted by atomic mass is 9.97. The Kier molecular flexibility index (Phi) is 6.08. The normalized spacial score (nSPS) is 18.6. The first kappa shape index (κ1) is 21.5. The number of carbonyl (C=O) groups excluding carboxylic acids is 1. The van der Waals surface area contributed by atoms with Gasteiger partial charge in [0.15, 0.2) is 17.3 Å². The van der Waals surface area contributed by atoms with E-state index in [1.165, 1.54) is 19.5 Å². The van der Waals surface area contributed by atoms with Crippen LogP contribution in [0.25, 0.3) is 11.0 Å². The van der Waals surface area contributed by atoms with E-state index in [4.69, 9.17) is 4.74 Å². The number of fused-ring (bicyclic) bond motifs is 1. The lowest BCUT2D eigenvalue weighted by Crippen LogP contribution is -2.29. The van der Waals surface area contributed by atoms with Gasteiger partial charge in [-0.15, -0.1) is 0 Å². The first-order valence-corrected chi connectivity index (χ1v) is 10.4. The fraction of sp³-hybridized carbons (Fsp3) is 0.350. The molecule has 0 amide bonds. The number of ketones is 1. The van der Waals surface area contributed by atoms with E-state index in [9.17, 15) is 18.7 Å². The highest BCUT2D eigenvalue weighted by molar-refractivity contribution is 8.00. The number of carbonyl (C=O) groups is 1. The molecule has 0 radical (unpaired) electrons. The second kappa shape index (κ2) is 8.77. The lowest BCUT2D eigenvalue weighted by molar-refractivity contribution is 0.0541. The number of rotatable bonds is 7. The molecule has 31 heavy (non-hydrogen) atoms. The molecular formula is C20H19F2N5O3S. The van der Waals surface area contributed by atoms with E-state index < -0.39 is 17.9 Å². The average Bonchev–Trinajstić information content (AvgIpc) is 3.24. The van der Waals surface area contributed by atoms with Crippen LogP contribution in [-0.4, -0.2) is 56.8 Å². The molecule has 1 saturated heterocycles. The fourth-order valence-electron chi connectivity index (χ4n) is 3.25. The molecule has 4 rings (SSSR count). The zero-order chi connectivity index (χ0) is 22.0. The number of ether oxygens (including phenoxy) is 1. The topological polar surface area (TPSA) is 110 Å². The van der Waals surface area contributed by atoms with Crippen LogP contribution in [0.2, 0.25) is 0 Å².